The van der Waals surface area contributed by atoms with Crippen molar-refractivity contribution < 1.29 is 24.2 Å². The minimum atomic E-state index is -0.539. The van der Waals surface area contributed by atoms with Gasteiger partial charge in [-0.05, 0) is 149 Å². The summed E-state index contributed by atoms with van der Waals surface area (Å²) >= 11 is 0. The van der Waals surface area contributed by atoms with Crippen LogP contribution in [0.3, 0.4) is 0 Å². The van der Waals surface area contributed by atoms with Crippen LogP contribution in [-0.2, 0) is 19.1 Å². The van der Waals surface area contributed by atoms with Gasteiger partial charge in [0.25, 0.3) is 0 Å². The molecule has 1 N–H and O–H groups in total. The summed E-state index contributed by atoms with van der Waals surface area (Å²) < 4.78 is 10.7. The number of benzene rings is 2. The summed E-state index contributed by atoms with van der Waals surface area (Å²) in [6.45, 7) is 11.3. The van der Waals surface area contributed by atoms with Gasteiger partial charge in [-0.3, -0.25) is 0 Å². The maximum absolute atomic E-state index is 12.0. The fraction of sp³-hybridized carbons (Fsp3) is 0.535. The summed E-state index contributed by atoms with van der Waals surface area (Å²) in [5.74, 6) is 2.16. The summed E-state index contributed by atoms with van der Waals surface area (Å²) in [4.78, 5) is 23.8. The molecule has 5 nitrogen and oxygen atoms in total. The van der Waals surface area contributed by atoms with Gasteiger partial charge >= 0.3 is 11.9 Å². The molecule has 4 rings (SSSR count). The molecular formula is C43H58O5. The zero-order valence-electron chi connectivity index (χ0n) is 29.5. The topological polar surface area (TPSA) is 72.8 Å². The predicted octanol–water partition coefficient (Wildman–Crippen LogP) is 10.3. The quantitative estimate of drug-likeness (QED) is 0.0795. The van der Waals surface area contributed by atoms with Crippen molar-refractivity contribution in [3.05, 3.63) is 96.1 Å². The van der Waals surface area contributed by atoms with E-state index in [4.69, 9.17) is 9.47 Å². The third kappa shape index (κ3) is 11.3. The van der Waals surface area contributed by atoms with Crippen LogP contribution in [0.1, 0.15) is 120 Å². The van der Waals surface area contributed by atoms with E-state index in [2.05, 4.69) is 80.8 Å². The molecule has 5 heteroatoms. The van der Waals surface area contributed by atoms with Crippen LogP contribution >= 0.6 is 0 Å². The molecule has 2 aliphatic carbocycles. The van der Waals surface area contributed by atoms with Crippen LogP contribution in [0.2, 0.25) is 0 Å². The Bertz CT molecular complexity index is 1340. The first-order chi connectivity index (χ1) is 23.3. The molecule has 260 valence electrons. The average Bonchev–Trinajstić information content (AvgIpc) is 3.12. The van der Waals surface area contributed by atoms with E-state index in [9.17, 15) is 14.7 Å². The van der Waals surface area contributed by atoms with Crippen LogP contribution in [-0.4, -0.2) is 36.9 Å². The largest absolute Gasteiger partial charge is 0.462 e. The highest BCUT2D eigenvalue weighted by atomic mass is 16.5. The van der Waals surface area contributed by atoms with Gasteiger partial charge in [-0.25, -0.2) is 9.59 Å². The number of esters is 2. The molecule has 1 atom stereocenters. The van der Waals surface area contributed by atoms with Crippen molar-refractivity contribution in [2.45, 2.75) is 109 Å². The summed E-state index contributed by atoms with van der Waals surface area (Å²) in [5, 5.41) is 9.17. The molecule has 2 aromatic rings. The van der Waals surface area contributed by atoms with Crippen molar-refractivity contribution in [2.24, 2.45) is 17.8 Å². The molecule has 0 radical (unpaired) electrons. The van der Waals surface area contributed by atoms with Gasteiger partial charge in [0.05, 0.1) is 25.4 Å². The molecule has 0 amide bonds. The monoisotopic (exact) mass is 654 g/mol. The Labute approximate surface area is 289 Å². The minimum absolute atomic E-state index is 0.0747. The number of hydrogen-bond acceptors (Lipinski definition) is 5. The second-order valence-corrected chi connectivity index (χ2v) is 14.2. The Morgan fingerprint density at radius 2 is 1.33 bits per heavy atom. The lowest BCUT2D eigenvalue weighted by Crippen LogP contribution is -2.24. The molecular weight excluding hydrogens is 596 g/mol. The zero-order chi connectivity index (χ0) is 34.3. The first-order valence-corrected chi connectivity index (χ1v) is 18.4. The first-order valence-electron chi connectivity index (χ1n) is 18.4. The van der Waals surface area contributed by atoms with Crippen molar-refractivity contribution in [1.82, 2.24) is 0 Å². The first kappa shape index (κ1) is 37.4. The molecule has 0 aromatic heterocycles. The van der Waals surface area contributed by atoms with Crippen molar-refractivity contribution >= 4 is 11.9 Å². The van der Waals surface area contributed by atoms with Crippen molar-refractivity contribution in [2.75, 3.05) is 19.8 Å². The van der Waals surface area contributed by atoms with Crippen LogP contribution in [0.5, 0.6) is 0 Å². The second-order valence-electron chi connectivity index (χ2n) is 14.2. The number of allylic oxidation sites excluding steroid dienone is 2. The fourth-order valence-electron chi connectivity index (χ4n) is 7.82. The number of aliphatic hydroxyl groups excluding tert-OH is 1. The van der Waals surface area contributed by atoms with E-state index in [-0.39, 0.29) is 11.5 Å². The SMILES string of the molecule is C=C(C)C(=O)OCCCC(CCOC(=O)C(=C)CO)C1CCC(c2ccc(-c3ccc(C4CCC(CC/C=C/C)CC4)cc3)cc2)CC1. The molecule has 1 unspecified atom stereocenters. The molecule has 2 aliphatic rings. The van der Waals surface area contributed by atoms with Gasteiger partial charge in [0.15, 0.2) is 0 Å². The third-order valence-electron chi connectivity index (χ3n) is 10.9. The normalized spacial score (nSPS) is 21.8. The van der Waals surface area contributed by atoms with E-state index < -0.39 is 12.6 Å². The Kier molecular flexibility index (Phi) is 15.2. The van der Waals surface area contributed by atoms with Gasteiger partial charge in [0, 0.05) is 5.57 Å². The Morgan fingerprint density at radius 3 is 1.85 bits per heavy atom. The lowest BCUT2D eigenvalue weighted by Gasteiger charge is -2.34. The van der Waals surface area contributed by atoms with E-state index >= 15 is 0 Å². The van der Waals surface area contributed by atoms with Crippen LogP contribution in [0.25, 0.3) is 11.1 Å². The van der Waals surface area contributed by atoms with Gasteiger partial charge < -0.3 is 14.6 Å². The number of aliphatic hydroxyl groups is 1. The smallest absolute Gasteiger partial charge is 0.335 e. The van der Waals surface area contributed by atoms with E-state index in [1.807, 2.05) is 0 Å². The zero-order valence-corrected chi connectivity index (χ0v) is 29.5. The van der Waals surface area contributed by atoms with E-state index in [1.54, 1.807) is 6.92 Å². The molecule has 48 heavy (non-hydrogen) atoms. The summed E-state index contributed by atoms with van der Waals surface area (Å²) in [7, 11) is 0. The maximum atomic E-state index is 12.0. The van der Waals surface area contributed by atoms with Crippen molar-refractivity contribution in [1.29, 1.82) is 0 Å². The molecule has 0 spiro atoms. The van der Waals surface area contributed by atoms with Crippen LogP contribution in [0.4, 0.5) is 0 Å². The number of ether oxygens (including phenoxy) is 2. The summed E-state index contributed by atoms with van der Waals surface area (Å²) in [6, 6.07) is 18.6. The Balaban J connectivity index is 1.27. The van der Waals surface area contributed by atoms with Crippen LogP contribution in [0, 0.1) is 17.8 Å². The third-order valence-corrected chi connectivity index (χ3v) is 10.9. The van der Waals surface area contributed by atoms with Gasteiger partial charge in [-0.2, -0.15) is 0 Å². The van der Waals surface area contributed by atoms with Gasteiger partial charge in [-0.1, -0.05) is 73.8 Å². The number of rotatable bonds is 17. The molecule has 0 saturated heterocycles. The van der Waals surface area contributed by atoms with Gasteiger partial charge in [0.1, 0.15) is 0 Å². The van der Waals surface area contributed by atoms with Gasteiger partial charge in [0.2, 0.25) is 0 Å². The molecule has 0 heterocycles. The van der Waals surface area contributed by atoms with Crippen LogP contribution in [0.15, 0.2) is 85.0 Å². The Morgan fingerprint density at radius 1 is 0.792 bits per heavy atom. The van der Waals surface area contributed by atoms with E-state index in [0.29, 0.717) is 42.5 Å². The average molecular weight is 655 g/mol. The number of carbonyl (C=O) groups is 2. The highest BCUT2D eigenvalue weighted by Crippen LogP contribution is 2.42. The lowest BCUT2D eigenvalue weighted by molar-refractivity contribution is -0.141. The van der Waals surface area contributed by atoms with Crippen molar-refractivity contribution in [3.8, 4) is 11.1 Å². The van der Waals surface area contributed by atoms with Crippen molar-refractivity contribution in [3.63, 3.8) is 0 Å². The van der Waals surface area contributed by atoms with Crippen LogP contribution < -0.4 is 0 Å². The molecule has 2 fully saturated rings. The maximum Gasteiger partial charge on any atom is 0.335 e. The number of hydrogen-bond donors (Lipinski definition) is 1. The molecule has 0 aliphatic heterocycles. The Hall–Kier alpha value is -3.44. The fourth-order valence-corrected chi connectivity index (χ4v) is 7.82. The molecule has 2 aromatic carbocycles. The van der Waals surface area contributed by atoms with E-state index in [0.717, 1.165) is 50.9 Å². The highest BCUT2D eigenvalue weighted by molar-refractivity contribution is 5.88. The lowest BCUT2D eigenvalue weighted by atomic mass is 9.72. The summed E-state index contributed by atoms with van der Waals surface area (Å²) in [5.41, 5.74) is 5.96. The second kappa shape index (κ2) is 19.5. The minimum Gasteiger partial charge on any atom is -0.462 e. The van der Waals surface area contributed by atoms with E-state index in [1.165, 1.54) is 60.8 Å². The molecule has 0 bridgehead atoms. The molecule has 2 saturated carbocycles. The predicted molar refractivity (Wildman–Crippen MR) is 196 cm³/mol. The van der Waals surface area contributed by atoms with Gasteiger partial charge in [-0.15, -0.1) is 0 Å². The standard InChI is InChI=1S/C43H58O5/c1-5-6-7-9-33-11-13-35(14-12-33)37-19-21-39(22-20-37)41-25-23-40(24-26-41)38-17-15-36(16-18-38)34(10-8-28-47-42(45)31(2)3)27-29-48-43(46)32(4)30-44/h5-6,19-26,33-36,38,44H,2,4,7-18,27-30H2,1,3H3/b6-5+. The summed E-state index contributed by atoms with van der Waals surface area (Å²) in [6.07, 6.45) is 19.3. The highest BCUT2D eigenvalue weighted by Gasteiger charge is 2.29. The number of carbonyl (C=O) groups excluding carboxylic acids is 2.